The van der Waals surface area contributed by atoms with Crippen LogP contribution in [0.2, 0.25) is 0 Å². The van der Waals surface area contributed by atoms with Gasteiger partial charge in [-0.25, -0.2) is 9.37 Å². The number of benzene rings is 1. The molecule has 1 aliphatic rings. The molecular formula is C14H12FN3S. The third-order valence-corrected chi connectivity index (χ3v) is 4.12. The number of aromatic nitrogens is 1. The Balaban J connectivity index is 1.91. The van der Waals surface area contributed by atoms with Crippen LogP contribution in [0.1, 0.15) is 40.5 Å². The highest BCUT2D eigenvalue weighted by Gasteiger charge is 2.29. The van der Waals surface area contributed by atoms with E-state index in [1.165, 1.54) is 30.2 Å². The highest BCUT2D eigenvalue weighted by molar-refractivity contribution is 7.15. The third kappa shape index (κ3) is 2.45. The number of nitriles is 1. The fourth-order valence-electron chi connectivity index (χ4n) is 2.14. The van der Waals surface area contributed by atoms with Crippen molar-refractivity contribution < 1.29 is 4.39 Å². The molecule has 1 saturated carbocycles. The minimum Gasteiger partial charge on any atom is -0.375 e. The van der Waals surface area contributed by atoms with Crippen LogP contribution < -0.4 is 5.73 Å². The predicted molar refractivity (Wildman–Crippen MR) is 72.4 cm³/mol. The molecule has 1 aliphatic carbocycles. The van der Waals surface area contributed by atoms with Crippen molar-refractivity contribution in [1.82, 2.24) is 4.98 Å². The largest absolute Gasteiger partial charge is 0.375 e. The molecule has 19 heavy (non-hydrogen) atoms. The fraction of sp³-hybridized carbons (Fsp3) is 0.286. The Morgan fingerprint density at radius 1 is 1.47 bits per heavy atom. The number of hydrogen-bond donors (Lipinski definition) is 1. The van der Waals surface area contributed by atoms with Gasteiger partial charge < -0.3 is 5.73 Å². The Hall–Kier alpha value is -1.93. The Labute approximate surface area is 114 Å². The summed E-state index contributed by atoms with van der Waals surface area (Å²) < 4.78 is 13.3. The van der Waals surface area contributed by atoms with Crippen LogP contribution in [0.5, 0.6) is 0 Å². The van der Waals surface area contributed by atoms with Crippen molar-refractivity contribution in [1.29, 1.82) is 5.26 Å². The van der Waals surface area contributed by atoms with Gasteiger partial charge in [0.1, 0.15) is 11.9 Å². The first-order chi connectivity index (χ1) is 9.17. The predicted octanol–water partition coefficient (Wildman–Crippen LogP) is 3.20. The van der Waals surface area contributed by atoms with Gasteiger partial charge in [-0.1, -0.05) is 6.07 Å². The molecule has 96 valence electrons. The first kappa shape index (κ1) is 12.1. The summed E-state index contributed by atoms with van der Waals surface area (Å²) in [5.41, 5.74) is 7.87. The van der Waals surface area contributed by atoms with Crippen LogP contribution in [0.4, 0.5) is 9.52 Å². The Morgan fingerprint density at radius 3 is 2.95 bits per heavy atom. The number of nitrogens with zero attached hydrogens (tertiary/aromatic N) is 2. The molecule has 0 spiro atoms. The van der Waals surface area contributed by atoms with Crippen LogP contribution in [0.15, 0.2) is 18.2 Å². The second kappa shape index (κ2) is 4.63. The van der Waals surface area contributed by atoms with E-state index in [9.17, 15) is 4.39 Å². The molecule has 0 saturated heterocycles. The highest BCUT2D eigenvalue weighted by atomic mass is 32.1. The van der Waals surface area contributed by atoms with E-state index >= 15 is 0 Å². The standard InChI is InChI=1S/C14H12FN3S/c15-11-4-1-8(5-10(11)7-16)6-12-13(9-2-3-9)18-14(17)19-12/h1,4-5,9H,2-3,6H2,(H2,17,18). The van der Waals surface area contributed by atoms with Crippen molar-refractivity contribution in [3.8, 4) is 6.07 Å². The highest BCUT2D eigenvalue weighted by Crippen LogP contribution is 2.43. The molecule has 1 heterocycles. The summed E-state index contributed by atoms with van der Waals surface area (Å²) in [6, 6.07) is 6.52. The number of nitrogens with two attached hydrogens (primary N) is 1. The molecular weight excluding hydrogens is 261 g/mol. The quantitative estimate of drug-likeness (QED) is 0.934. The van der Waals surface area contributed by atoms with Crippen LogP contribution in [0.3, 0.4) is 0 Å². The van der Waals surface area contributed by atoms with Crippen molar-refractivity contribution >= 4 is 16.5 Å². The van der Waals surface area contributed by atoms with Crippen LogP contribution in [0, 0.1) is 17.1 Å². The van der Waals surface area contributed by atoms with Crippen LogP contribution in [-0.4, -0.2) is 4.98 Å². The van der Waals surface area contributed by atoms with Crippen LogP contribution >= 0.6 is 11.3 Å². The number of rotatable bonds is 3. The molecule has 1 aromatic carbocycles. The molecule has 0 aliphatic heterocycles. The number of thiazole rings is 1. The molecule has 0 amide bonds. The Morgan fingerprint density at radius 2 is 2.26 bits per heavy atom. The lowest BCUT2D eigenvalue weighted by atomic mass is 10.1. The lowest BCUT2D eigenvalue weighted by molar-refractivity contribution is 0.623. The van der Waals surface area contributed by atoms with E-state index in [2.05, 4.69) is 4.98 Å². The first-order valence-electron chi connectivity index (χ1n) is 6.11. The van der Waals surface area contributed by atoms with Crippen molar-refractivity contribution in [3.63, 3.8) is 0 Å². The minimum absolute atomic E-state index is 0.0861. The molecule has 5 heteroatoms. The summed E-state index contributed by atoms with van der Waals surface area (Å²) in [6.07, 6.45) is 3.00. The van der Waals surface area contributed by atoms with Gasteiger partial charge in [-0.15, -0.1) is 11.3 Å². The molecule has 2 N–H and O–H groups in total. The summed E-state index contributed by atoms with van der Waals surface area (Å²) in [7, 11) is 0. The molecule has 1 aromatic heterocycles. The van der Waals surface area contributed by atoms with Gasteiger partial charge in [0.15, 0.2) is 5.13 Å². The van der Waals surface area contributed by atoms with E-state index in [1.54, 1.807) is 12.1 Å². The van der Waals surface area contributed by atoms with Crippen molar-refractivity contribution in [2.24, 2.45) is 0 Å². The van der Waals surface area contributed by atoms with Gasteiger partial charge in [-0.3, -0.25) is 0 Å². The zero-order valence-corrected chi connectivity index (χ0v) is 11.0. The number of anilines is 1. The van der Waals surface area contributed by atoms with Crippen LogP contribution in [0.25, 0.3) is 0 Å². The summed E-state index contributed by atoms with van der Waals surface area (Å²) in [5.74, 6) is 0.0666. The molecule has 1 fully saturated rings. The average Bonchev–Trinajstić information content (AvgIpc) is 3.17. The van der Waals surface area contributed by atoms with E-state index < -0.39 is 5.82 Å². The van der Waals surface area contributed by atoms with Gasteiger partial charge >= 0.3 is 0 Å². The molecule has 0 radical (unpaired) electrons. The van der Waals surface area contributed by atoms with Gasteiger partial charge in [0.05, 0.1) is 11.3 Å². The summed E-state index contributed by atoms with van der Waals surface area (Å²) >= 11 is 1.49. The van der Waals surface area contributed by atoms with E-state index in [4.69, 9.17) is 11.0 Å². The molecule has 0 atom stereocenters. The molecule has 0 unspecified atom stereocenters. The van der Waals surface area contributed by atoms with Crippen molar-refractivity contribution in [2.75, 3.05) is 5.73 Å². The van der Waals surface area contributed by atoms with Gasteiger partial charge in [-0.2, -0.15) is 5.26 Å². The summed E-state index contributed by atoms with van der Waals surface area (Å²) in [6.45, 7) is 0. The van der Waals surface area contributed by atoms with Crippen molar-refractivity contribution in [2.45, 2.75) is 25.2 Å². The first-order valence-corrected chi connectivity index (χ1v) is 6.92. The van der Waals surface area contributed by atoms with Crippen molar-refractivity contribution in [3.05, 3.63) is 45.7 Å². The SMILES string of the molecule is N#Cc1cc(Cc2sc(N)nc2C2CC2)ccc1F. The van der Waals surface area contributed by atoms with Gasteiger partial charge in [-0.05, 0) is 30.5 Å². The minimum atomic E-state index is -0.475. The van der Waals surface area contributed by atoms with E-state index in [0.717, 1.165) is 16.1 Å². The molecule has 3 nitrogen and oxygen atoms in total. The smallest absolute Gasteiger partial charge is 0.180 e. The molecule has 0 bridgehead atoms. The molecule has 2 aromatic rings. The zero-order chi connectivity index (χ0) is 13.4. The Kier molecular flexibility index (Phi) is 2.96. The summed E-state index contributed by atoms with van der Waals surface area (Å²) in [5, 5.41) is 9.43. The van der Waals surface area contributed by atoms with Gasteiger partial charge in [0, 0.05) is 17.2 Å². The molecule has 3 rings (SSSR count). The maximum Gasteiger partial charge on any atom is 0.180 e. The van der Waals surface area contributed by atoms with Gasteiger partial charge in [0.25, 0.3) is 0 Å². The number of hydrogen-bond acceptors (Lipinski definition) is 4. The topological polar surface area (TPSA) is 62.7 Å². The Bertz CT molecular complexity index is 668. The van der Waals surface area contributed by atoms with Crippen LogP contribution in [-0.2, 0) is 6.42 Å². The fourth-order valence-corrected chi connectivity index (χ4v) is 3.09. The second-order valence-electron chi connectivity index (χ2n) is 4.74. The van der Waals surface area contributed by atoms with E-state index in [1.807, 2.05) is 6.07 Å². The normalized spacial score (nSPS) is 14.3. The lowest BCUT2D eigenvalue weighted by Gasteiger charge is -2.02. The third-order valence-electron chi connectivity index (χ3n) is 3.22. The van der Waals surface area contributed by atoms with E-state index in [0.29, 0.717) is 17.5 Å². The summed E-state index contributed by atoms with van der Waals surface area (Å²) in [4.78, 5) is 5.52. The maximum absolute atomic E-state index is 13.3. The van der Waals surface area contributed by atoms with Gasteiger partial charge in [0.2, 0.25) is 0 Å². The lowest BCUT2D eigenvalue weighted by Crippen LogP contribution is -1.93. The van der Waals surface area contributed by atoms with E-state index in [-0.39, 0.29) is 5.56 Å². The number of halogens is 1. The second-order valence-corrected chi connectivity index (χ2v) is 5.85. The number of nitrogen functional groups attached to an aromatic ring is 1. The zero-order valence-electron chi connectivity index (χ0n) is 10.2. The monoisotopic (exact) mass is 273 g/mol. The average molecular weight is 273 g/mol. The maximum atomic E-state index is 13.3.